The quantitative estimate of drug-likeness (QED) is 0.911. The summed E-state index contributed by atoms with van der Waals surface area (Å²) in [6, 6.07) is 2.65. The van der Waals surface area contributed by atoms with E-state index in [9.17, 15) is 4.79 Å². The molecule has 2 aliphatic heterocycles. The fourth-order valence-corrected chi connectivity index (χ4v) is 3.60. The Bertz CT molecular complexity index is 520. The number of pyridine rings is 1. The first-order valence-electron chi connectivity index (χ1n) is 7.30. The average molecular weight is 294 g/mol. The number of amides is 1. The number of nitrogens with one attached hydrogen (secondary N) is 1. The molecule has 2 fully saturated rings. The fourth-order valence-electron chi connectivity index (χ4n) is 3.31. The van der Waals surface area contributed by atoms with Gasteiger partial charge in [-0.05, 0) is 45.2 Å². The van der Waals surface area contributed by atoms with Gasteiger partial charge in [-0.15, -0.1) is 0 Å². The maximum Gasteiger partial charge on any atom is 0.254 e. The van der Waals surface area contributed by atoms with Crippen LogP contribution in [0.25, 0.3) is 0 Å². The normalized spacial score (nSPS) is 26.3. The molecule has 1 aromatic rings. The first-order chi connectivity index (χ1) is 9.63. The Hall–Kier alpha value is -1.13. The number of carbonyl (C=O) groups is 1. The Balaban J connectivity index is 1.64. The van der Waals surface area contributed by atoms with Gasteiger partial charge >= 0.3 is 0 Å². The lowest BCUT2D eigenvalue weighted by molar-refractivity contribution is 0.0896. The number of halogens is 1. The van der Waals surface area contributed by atoms with Gasteiger partial charge in [-0.1, -0.05) is 11.6 Å². The Kier molecular flexibility index (Phi) is 3.94. The molecule has 108 valence electrons. The third-order valence-corrected chi connectivity index (χ3v) is 4.70. The maximum absolute atomic E-state index is 12.3. The molecule has 2 atom stereocenters. The van der Waals surface area contributed by atoms with Gasteiger partial charge < -0.3 is 10.2 Å². The van der Waals surface area contributed by atoms with Crippen molar-refractivity contribution in [3.05, 3.63) is 28.5 Å². The number of piperidine rings is 1. The molecular weight excluding hydrogens is 274 g/mol. The van der Waals surface area contributed by atoms with Crippen LogP contribution < -0.4 is 5.32 Å². The van der Waals surface area contributed by atoms with Crippen molar-refractivity contribution in [2.24, 2.45) is 0 Å². The standard InChI is InChI=1S/C15H20ClN3O/c1-10-7-14(16)13(9-17-10)15(20)18-11-4-6-19-5-2-3-12(19)8-11/h7,9,11-12H,2-6,8H2,1H3,(H,18,20). The summed E-state index contributed by atoms with van der Waals surface area (Å²) in [5, 5.41) is 3.60. The first kappa shape index (κ1) is 13.8. The minimum atomic E-state index is -0.0982. The molecule has 2 unspecified atom stereocenters. The topological polar surface area (TPSA) is 45.2 Å². The highest BCUT2D eigenvalue weighted by Gasteiger charge is 2.32. The van der Waals surface area contributed by atoms with E-state index in [0.29, 0.717) is 16.6 Å². The van der Waals surface area contributed by atoms with Crippen LogP contribution in [0.3, 0.4) is 0 Å². The number of nitrogens with zero attached hydrogens (tertiary/aromatic N) is 2. The predicted octanol–water partition coefficient (Wildman–Crippen LogP) is 2.40. The van der Waals surface area contributed by atoms with Gasteiger partial charge in [0.25, 0.3) is 5.91 Å². The van der Waals surface area contributed by atoms with Crippen molar-refractivity contribution >= 4 is 17.5 Å². The molecule has 0 spiro atoms. The highest BCUT2D eigenvalue weighted by Crippen LogP contribution is 2.27. The summed E-state index contributed by atoms with van der Waals surface area (Å²) in [6.07, 6.45) is 6.21. The molecule has 0 bridgehead atoms. The van der Waals surface area contributed by atoms with E-state index in [0.717, 1.165) is 25.1 Å². The van der Waals surface area contributed by atoms with Gasteiger partial charge in [-0.25, -0.2) is 0 Å². The van der Waals surface area contributed by atoms with E-state index in [1.807, 2.05) is 6.92 Å². The molecule has 0 radical (unpaired) electrons. The Morgan fingerprint density at radius 3 is 3.10 bits per heavy atom. The van der Waals surface area contributed by atoms with Gasteiger partial charge in [-0.2, -0.15) is 0 Å². The van der Waals surface area contributed by atoms with Crippen LogP contribution in [-0.2, 0) is 0 Å². The predicted molar refractivity (Wildman–Crippen MR) is 79.1 cm³/mol. The van der Waals surface area contributed by atoms with Crippen LogP contribution in [0.2, 0.25) is 5.02 Å². The SMILES string of the molecule is Cc1cc(Cl)c(C(=O)NC2CCN3CCCC3C2)cn1. The number of rotatable bonds is 2. The summed E-state index contributed by atoms with van der Waals surface area (Å²) in [4.78, 5) is 19.0. The third-order valence-electron chi connectivity index (χ3n) is 4.39. The minimum Gasteiger partial charge on any atom is -0.349 e. The van der Waals surface area contributed by atoms with Crippen LogP contribution >= 0.6 is 11.6 Å². The van der Waals surface area contributed by atoms with Crippen molar-refractivity contribution in [3.63, 3.8) is 0 Å². The summed E-state index contributed by atoms with van der Waals surface area (Å²) in [5.41, 5.74) is 1.30. The maximum atomic E-state index is 12.3. The summed E-state index contributed by atoms with van der Waals surface area (Å²) < 4.78 is 0. The van der Waals surface area contributed by atoms with Crippen LogP contribution in [-0.4, -0.2) is 41.0 Å². The van der Waals surface area contributed by atoms with Gasteiger partial charge in [0.1, 0.15) is 0 Å². The second-order valence-electron chi connectivity index (χ2n) is 5.83. The zero-order valence-electron chi connectivity index (χ0n) is 11.7. The largest absolute Gasteiger partial charge is 0.349 e. The zero-order chi connectivity index (χ0) is 14.1. The van der Waals surface area contributed by atoms with Crippen LogP contribution in [0.4, 0.5) is 0 Å². The fraction of sp³-hybridized carbons (Fsp3) is 0.600. The lowest BCUT2D eigenvalue weighted by Crippen LogP contribution is -2.47. The molecule has 0 aromatic carbocycles. The Morgan fingerprint density at radius 1 is 1.45 bits per heavy atom. The molecule has 2 saturated heterocycles. The smallest absolute Gasteiger partial charge is 0.254 e. The van der Waals surface area contributed by atoms with Crippen LogP contribution in [0, 0.1) is 6.92 Å². The molecule has 0 saturated carbocycles. The first-order valence-corrected chi connectivity index (χ1v) is 7.68. The molecule has 1 amide bonds. The van der Waals surface area contributed by atoms with Crippen LogP contribution in [0.1, 0.15) is 41.7 Å². The number of fused-ring (bicyclic) bond motifs is 1. The van der Waals surface area contributed by atoms with Gasteiger partial charge in [0.2, 0.25) is 0 Å². The van der Waals surface area contributed by atoms with E-state index >= 15 is 0 Å². The molecule has 4 nitrogen and oxygen atoms in total. The molecule has 20 heavy (non-hydrogen) atoms. The average Bonchev–Trinajstić information content (AvgIpc) is 2.85. The molecule has 1 aromatic heterocycles. The van der Waals surface area contributed by atoms with Crippen molar-refractivity contribution in [1.29, 1.82) is 0 Å². The van der Waals surface area contributed by atoms with Gasteiger partial charge in [0.15, 0.2) is 0 Å². The van der Waals surface area contributed by atoms with Gasteiger partial charge in [0.05, 0.1) is 10.6 Å². The zero-order valence-corrected chi connectivity index (χ0v) is 12.5. The van der Waals surface area contributed by atoms with Crippen molar-refractivity contribution in [1.82, 2.24) is 15.2 Å². The van der Waals surface area contributed by atoms with Crippen molar-refractivity contribution < 1.29 is 4.79 Å². The highest BCUT2D eigenvalue weighted by molar-refractivity contribution is 6.33. The number of aryl methyl sites for hydroxylation is 1. The molecule has 3 rings (SSSR count). The lowest BCUT2D eigenvalue weighted by atomic mass is 9.97. The third kappa shape index (κ3) is 2.81. The Labute approximate surface area is 124 Å². The highest BCUT2D eigenvalue weighted by atomic mass is 35.5. The van der Waals surface area contributed by atoms with E-state index in [2.05, 4.69) is 15.2 Å². The molecule has 3 heterocycles. The molecule has 2 aliphatic rings. The summed E-state index contributed by atoms with van der Waals surface area (Å²) in [7, 11) is 0. The number of aromatic nitrogens is 1. The molecule has 0 aliphatic carbocycles. The van der Waals surface area contributed by atoms with E-state index in [1.165, 1.54) is 19.4 Å². The number of hydrogen-bond donors (Lipinski definition) is 1. The van der Waals surface area contributed by atoms with Crippen molar-refractivity contribution in [2.75, 3.05) is 13.1 Å². The molecular formula is C15H20ClN3O. The van der Waals surface area contributed by atoms with Crippen LogP contribution in [0.15, 0.2) is 12.3 Å². The molecule has 5 heteroatoms. The van der Waals surface area contributed by atoms with E-state index in [4.69, 9.17) is 11.6 Å². The van der Waals surface area contributed by atoms with E-state index in [-0.39, 0.29) is 11.9 Å². The van der Waals surface area contributed by atoms with E-state index < -0.39 is 0 Å². The lowest BCUT2D eigenvalue weighted by Gasteiger charge is -2.35. The second-order valence-corrected chi connectivity index (χ2v) is 6.24. The number of carbonyl (C=O) groups excluding carboxylic acids is 1. The van der Waals surface area contributed by atoms with Crippen molar-refractivity contribution in [2.45, 2.75) is 44.7 Å². The monoisotopic (exact) mass is 293 g/mol. The van der Waals surface area contributed by atoms with Gasteiger partial charge in [0, 0.05) is 30.5 Å². The van der Waals surface area contributed by atoms with Gasteiger partial charge in [-0.3, -0.25) is 9.78 Å². The van der Waals surface area contributed by atoms with E-state index in [1.54, 1.807) is 12.3 Å². The summed E-state index contributed by atoms with van der Waals surface area (Å²) in [5.74, 6) is -0.0982. The van der Waals surface area contributed by atoms with Crippen LogP contribution in [0.5, 0.6) is 0 Å². The molecule has 1 N–H and O–H groups in total. The second kappa shape index (κ2) is 5.70. The number of hydrogen-bond acceptors (Lipinski definition) is 3. The van der Waals surface area contributed by atoms with Crippen molar-refractivity contribution in [3.8, 4) is 0 Å². The minimum absolute atomic E-state index is 0.0982. The summed E-state index contributed by atoms with van der Waals surface area (Å²) >= 11 is 6.12. The Morgan fingerprint density at radius 2 is 2.30 bits per heavy atom. The summed E-state index contributed by atoms with van der Waals surface area (Å²) in [6.45, 7) is 4.18.